The van der Waals surface area contributed by atoms with Gasteiger partial charge in [0, 0.05) is 15.9 Å². The van der Waals surface area contributed by atoms with Gasteiger partial charge in [-0.1, -0.05) is 11.6 Å². The number of aromatic amines is 1. The quantitative estimate of drug-likeness (QED) is 0.502. The van der Waals surface area contributed by atoms with E-state index in [1.807, 2.05) is 6.92 Å². The van der Waals surface area contributed by atoms with E-state index < -0.39 is 12.0 Å². The zero-order valence-electron chi connectivity index (χ0n) is 17.7. The van der Waals surface area contributed by atoms with E-state index in [0.717, 1.165) is 4.90 Å². The summed E-state index contributed by atoms with van der Waals surface area (Å²) in [6.45, 7) is 4.09. The Balaban J connectivity index is 1.46. The lowest BCUT2D eigenvalue weighted by Gasteiger charge is -2.34. The summed E-state index contributed by atoms with van der Waals surface area (Å²) in [6, 6.07) is 8.05. The number of halogens is 1. The Labute approximate surface area is 189 Å². The highest BCUT2D eigenvalue weighted by atomic mass is 35.5. The molecule has 1 aromatic carbocycles. The molecule has 0 saturated carbocycles. The Morgan fingerprint density at radius 2 is 2.00 bits per heavy atom. The molecule has 168 valence electrons. The van der Waals surface area contributed by atoms with Crippen LogP contribution in [0.25, 0.3) is 10.9 Å². The van der Waals surface area contributed by atoms with Crippen LogP contribution in [0.3, 0.4) is 0 Å². The number of aromatic nitrogens is 1. The molecule has 0 unspecified atom stereocenters. The molecule has 9 nitrogen and oxygen atoms in total. The number of fused-ring (bicyclic) bond motifs is 1. The Hall–Kier alpha value is -3.30. The largest absolute Gasteiger partial charge is 0.464 e. The SMILES string of the molecule is COC(=O)c1[nH]c2ccc(Cl)cc2c1NC(=O)[C@@H](C)[NH+]1CCN(C(=O)c2ccco2)CC1. The number of rotatable bonds is 5. The molecule has 1 aliphatic rings. The Morgan fingerprint density at radius 1 is 1.25 bits per heavy atom. The van der Waals surface area contributed by atoms with Crippen molar-refractivity contribution in [1.82, 2.24) is 9.88 Å². The molecule has 0 aliphatic carbocycles. The van der Waals surface area contributed by atoms with Crippen LogP contribution in [-0.4, -0.2) is 67.0 Å². The van der Waals surface area contributed by atoms with Crippen molar-refractivity contribution in [2.75, 3.05) is 38.6 Å². The first kappa shape index (κ1) is 21.9. The molecule has 2 amide bonds. The topological polar surface area (TPSA) is 109 Å². The highest BCUT2D eigenvalue weighted by molar-refractivity contribution is 6.31. The minimum Gasteiger partial charge on any atom is -0.464 e. The van der Waals surface area contributed by atoms with Crippen molar-refractivity contribution in [2.24, 2.45) is 0 Å². The average molecular weight is 460 g/mol. The minimum atomic E-state index is -0.585. The number of carbonyl (C=O) groups is 3. The second-order valence-electron chi connectivity index (χ2n) is 7.70. The van der Waals surface area contributed by atoms with E-state index in [1.165, 1.54) is 13.4 Å². The third-order valence-corrected chi connectivity index (χ3v) is 6.06. The van der Waals surface area contributed by atoms with Gasteiger partial charge in [0.05, 0.1) is 45.2 Å². The van der Waals surface area contributed by atoms with E-state index in [0.29, 0.717) is 53.6 Å². The Kier molecular flexibility index (Phi) is 6.20. The van der Waals surface area contributed by atoms with Crippen molar-refractivity contribution >= 4 is 46.0 Å². The lowest BCUT2D eigenvalue weighted by molar-refractivity contribution is -0.917. The van der Waals surface area contributed by atoms with Gasteiger partial charge in [-0.3, -0.25) is 9.59 Å². The van der Waals surface area contributed by atoms with Crippen LogP contribution in [-0.2, 0) is 9.53 Å². The number of nitrogens with one attached hydrogen (secondary N) is 3. The summed E-state index contributed by atoms with van der Waals surface area (Å²) in [5, 5.41) is 4.00. The van der Waals surface area contributed by atoms with Crippen molar-refractivity contribution in [2.45, 2.75) is 13.0 Å². The molecule has 2 aromatic heterocycles. The number of esters is 1. The summed E-state index contributed by atoms with van der Waals surface area (Å²) in [5.74, 6) is -0.661. The van der Waals surface area contributed by atoms with Gasteiger partial charge in [-0.05, 0) is 37.3 Å². The van der Waals surface area contributed by atoms with E-state index in [9.17, 15) is 14.4 Å². The third kappa shape index (κ3) is 4.21. The van der Waals surface area contributed by atoms with Crippen LogP contribution in [0.5, 0.6) is 0 Å². The number of nitrogens with zero attached hydrogens (tertiary/aromatic N) is 1. The van der Waals surface area contributed by atoms with E-state index in [1.54, 1.807) is 35.2 Å². The molecule has 3 heterocycles. The molecule has 10 heteroatoms. The van der Waals surface area contributed by atoms with Gasteiger partial charge in [0.15, 0.2) is 11.8 Å². The summed E-state index contributed by atoms with van der Waals surface area (Å²) >= 11 is 6.12. The number of H-pyrrole nitrogens is 1. The van der Waals surface area contributed by atoms with Crippen molar-refractivity contribution in [3.05, 3.63) is 53.1 Å². The highest BCUT2D eigenvalue weighted by Crippen LogP contribution is 2.30. The predicted octanol–water partition coefficient (Wildman–Crippen LogP) is 1.57. The molecule has 0 spiro atoms. The van der Waals surface area contributed by atoms with Gasteiger partial charge in [0.2, 0.25) is 0 Å². The normalized spacial score (nSPS) is 15.5. The maximum Gasteiger partial charge on any atom is 0.356 e. The molecule has 0 radical (unpaired) electrons. The van der Waals surface area contributed by atoms with Gasteiger partial charge in [0.1, 0.15) is 5.69 Å². The zero-order valence-corrected chi connectivity index (χ0v) is 18.5. The lowest BCUT2D eigenvalue weighted by atomic mass is 10.1. The van der Waals surface area contributed by atoms with Gasteiger partial charge in [0.25, 0.3) is 11.8 Å². The lowest BCUT2D eigenvalue weighted by Crippen LogP contribution is -3.19. The molecule has 1 aliphatic heterocycles. The van der Waals surface area contributed by atoms with Crippen LogP contribution in [0.2, 0.25) is 5.02 Å². The number of piperazine rings is 1. The number of methoxy groups -OCH3 is 1. The standard InChI is InChI=1S/C22H23ClN4O5/c1-13(26-7-9-27(10-8-26)21(29)17-4-3-11-32-17)20(28)25-18-15-12-14(23)5-6-16(15)24-19(18)22(30)31-2/h3-6,11-13,24H,7-10H2,1-2H3,(H,25,28)/p+1/t13-/m1/s1. The smallest absolute Gasteiger partial charge is 0.356 e. The molecule has 4 rings (SSSR count). The fourth-order valence-corrected chi connectivity index (χ4v) is 4.12. The monoisotopic (exact) mass is 459 g/mol. The predicted molar refractivity (Wildman–Crippen MR) is 118 cm³/mol. The molecule has 1 fully saturated rings. The van der Waals surface area contributed by atoms with Crippen molar-refractivity contribution in [3.63, 3.8) is 0 Å². The Morgan fingerprint density at radius 3 is 2.66 bits per heavy atom. The molecular formula is C22H24ClN4O5+. The maximum atomic E-state index is 13.1. The average Bonchev–Trinajstić information content (AvgIpc) is 3.46. The summed E-state index contributed by atoms with van der Waals surface area (Å²) in [6.07, 6.45) is 1.47. The second-order valence-corrected chi connectivity index (χ2v) is 8.13. The minimum absolute atomic E-state index is 0.149. The second kappa shape index (κ2) is 9.05. The first-order valence-corrected chi connectivity index (χ1v) is 10.6. The van der Waals surface area contributed by atoms with Crippen molar-refractivity contribution in [3.8, 4) is 0 Å². The molecule has 1 saturated heterocycles. The summed E-state index contributed by atoms with van der Waals surface area (Å²) in [7, 11) is 1.28. The fourth-order valence-electron chi connectivity index (χ4n) is 3.95. The van der Waals surface area contributed by atoms with E-state index in [2.05, 4.69) is 10.3 Å². The molecule has 3 aromatic rings. The number of hydrogen-bond acceptors (Lipinski definition) is 5. The zero-order chi connectivity index (χ0) is 22.8. The number of carbonyl (C=O) groups excluding carboxylic acids is 3. The van der Waals surface area contributed by atoms with E-state index >= 15 is 0 Å². The van der Waals surface area contributed by atoms with Gasteiger partial charge in [-0.15, -0.1) is 0 Å². The van der Waals surface area contributed by atoms with E-state index in [4.69, 9.17) is 20.8 Å². The number of anilines is 1. The van der Waals surface area contributed by atoms with Crippen LogP contribution in [0.15, 0.2) is 41.0 Å². The summed E-state index contributed by atoms with van der Waals surface area (Å²) < 4.78 is 10.0. The Bertz CT molecular complexity index is 1150. The third-order valence-electron chi connectivity index (χ3n) is 5.83. The van der Waals surface area contributed by atoms with Crippen LogP contribution in [0, 0.1) is 0 Å². The van der Waals surface area contributed by atoms with Crippen LogP contribution >= 0.6 is 11.6 Å². The van der Waals surface area contributed by atoms with Gasteiger partial charge in [-0.2, -0.15) is 0 Å². The van der Waals surface area contributed by atoms with E-state index in [-0.39, 0.29) is 17.5 Å². The fraction of sp³-hybridized carbons (Fsp3) is 0.318. The first-order valence-electron chi connectivity index (χ1n) is 10.3. The van der Waals surface area contributed by atoms with Crippen LogP contribution in [0.4, 0.5) is 5.69 Å². The summed E-state index contributed by atoms with van der Waals surface area (Å²) in [5.41, 5.74) is 1.17. The first-order chi connectivity index (χ1) is 15.4. The summed E-state index contributed by atoms with van der Waals surface area (Å²) in [4.78, 5) is 43.5. The van der Waals surface area contributed by atoms with Crippen LogP contribution < -0.4 is 10.2 Å². The van der Waals surface area contributed by atoms with Gasteiger partial charge >= 0.3 is 5.97 Å². The van der Waals surface area contributed by atoms with Crippen molar-refractivity contribution in [1.29, 1.82) is 0 Å². The molecule has 3 N–H and O–H groups in total. The number of furan rings is 1. The van der Waals surface area contributed by atoms with Gasteiger partial charge < -0.3 is 29.3 Å². The number of ether oxygens (including phenoxy) is 1. The highest BCUT2D eigenvalue weighted by Gasteiger charge is 2.33. The number of quaternary nitrogens is 1. The molecule has 32 heavy (non-hydrogen) atoms. The van der Waals surface area contributed by atoms with Crippen molar-refractivity contribution < 1.29 is 28.4 Å². The number of amides is 2. The van der Waals surface area contributed by atoms with Gasteiger partial charge in [-0.25, -0.2) is 4.79 Å². The maximum absolute atomic E-state index is 13.1. The number of benzene rings is 1. The molecule has 0 bridgehead atoms. The molecule has 1 atom stereocenters. The number of hydrogen-bond donors (Lipinski definition) is 3. The van der Waals surface area contributed by atoms with Crippen LogP contribution in [0.1, 0.15) is 28.0 Å². The molecular weight excluding hydrogens is 436 g/mol.